The van der Waals surface area contributed by atoms with Gasteiger partial charge in [0.25, 0.3) is 0 Å². The molecule has 1 aromatic carbocycles. The van der Waals surface area contributed by atoms with E-state index in [0.717, 1.165) is 54.9 Å². The Bertz CT molecular complexity index is 1100. The lowest BCUT2D eigenvalue weighted by Gasteiger charge is -2.33. The van der Waals surface area contributed by atoms with Gasteiger partial charge in [-0.15, -0.1) is 0 Å². The lowest BCUT2D eigenvalue weighted by atomic mass is 9.89. The van der Waals surface area contributed by atoms with Crippen molar-refractivity contribution in [2.75, 3.05) is 18.0 Å². The first-order chi connectivity index (χ1) is 13.2. The second kappa shape index (κ2) is 6.20. The third-order valence-electron chi connectivity index (χ3n) is 5.75. The molecule has 0 amide bonds. The molecule has 0 aliphatic carbocycles. The molecule has 1 fully saturated rings. The number of nitrogens with one attached hydrogen (secondary N) is 1. The van der Waals surface area contributed by atoms with Gasteiger partial charge in [0.05, 0.1) is 17.6 Å². The highest BCUT2D eigenvalue weighted by Crippen LogP contribution is 2.36. The van der Waals surface area contributed by atoms with Crippen LogP contribution in [-0.2, 0) is 6.42 Å². The smallest absolute Gasteiger partial charge is 0.189 e. The molecule has 4 heterocycles. The minimum Gasteiger partial charge on any atom is -0.356 e. The van der Waals surface area contributed by atoms with Crippen molar-refractivity contribution >= 4 is 33.9 Å². The van der Waals surface area contributed by atoms with E-state index in [-0.39, 0.29) is 0 Å². The summed E-state index contributed by atoms with van der Waals surface area (Å²) < 4.78 is 0. The lowest BCUT2D eigenvalue weighted by molar-refractivity contribution is 0.497. The maximum absolute atomic E-state index is 7.18. The number of rotatable bonds is 2. The first kappa shape index (κ1) is 16.0. The quantitative estimate of drug-likeness (QED) is 0.694. The molecule has 0 unspecified atom stereocenters. The predicted octanol–water partition coefficient (Wildman–Crippen LogP) is 4.36. The van der Waals surface area contributed by atoms with Gasteiger partial charge in [-0.1, -0.05) is 12.1 Å². The first-order valence-corrected chi connectivity index (χ1v) is 9.34. The number of hydrogen-bond acceptors (Lipinski definition) is 4. The SMILES string of the molecule is [C-]#[N+]c1ccc2c(c1)N=C(C1CCN(c3ncnc4[nH]cc(C)c34)CC1)C2. The van der Waals surface area contributed by atoms with E-state index in [1.54, 1.807) is 6.33 Å². The van der Waals surface area contributed by atoms with Crippen LogP contribution in [0.4, 0.5) is 17.2 Å². The van der Waals surface area contributed by atoms with Gasteiger partial charge in [0, 0.05) is 37.3 Å². The predicted molar refractivity (Wildman–Crippen MR) is 107 cm³/mol. The van der Waals surface area contributed by atoms with Crippen LogP contribution in [-0.4, -0.2) is 33.8 Å². The molecule has 2 aliphatic heterocycles. The average Bonchev–Trinajstić information content (AvgIpc) is 3.31. The summed E-state index contributed by atoms with van der Waals surface area (Å²) in [5.74, 6) is 1.55. The molecule has 6 heteroatoms. The van der Waals surface area contributed by atoms with E-state index in [0.29, 0.717) is 11.6 Å². The van der Waals surface area contributed by atoms with Crippen LogP contribution in [0.2, 0.25) is 0 Å². The molecule has 134 valence electrons. The van der Waals surface area contributed by atoms with Gasteiger partial charge < -0.3 is 9.88 Å². The zero-order valence-electron chi connectivity index (χ0n) is 15.2. The summed E-state index contributed by atoms with van der Waals surface area (Å²) in [4.78, 5) is 22.9. The molecular formula is C21H20N6. The summed E-state index contributed by atoms with van der Waals surface area (Å²) in [6.07, 6.45) is 6.73. The zero-order chi connectivity index (χ0) is 18.4. The number of fused-ring (bicyclic) bond motifs is 2. The molecule has 3 aromatic rings. The highest BCUT2D eigenvalue weighted by Gasteiger charge is 2.28. The van der Waals surface area contributed by atoms with Gasteiger partial charge in [0.15, 0.2) is 5.69 Å². The fraction of sp³-hybridized carbons (Fsp3) is 0.333. The topological polar surface area (TPSA) is 61.5 Å². The Balaban J connectivity index is 1.34. The Morgan fingerprint density at radius 3 is 2.89 bits per heavy atom. The fourth-order valence-electron chi connectivity index (χ4n) is 4.26. The van der Waals surface area contributed by atoms with E-state index < -0.39 is 0 Å². The number of aromatic nitrogens is 3. The van der Waals surface area contributed by atoms with Crippen molar-refractivity contribution in [1.82, 2.24) is 15.0 Å². The summed E-state index contributed by atoms with van der Waals surface area (Å²) >= 11 is 0. The normalized spacial score (nSPS) is 17.0. The Kier molecular flexibility index (Phi) is 3.68. The van der Waals surface area contributed by atoms with Gasteiger partial charge >= 0.3 is 0 Å². The molecule has 2 aromatic heterocycles. The van der Waals surface area contributed by atoms with Gasteiger partial charge in [0.2, 0.25) is 0 Å². The van der Waals surface area contributed by atoms with Crippen LogP contribution in [0.5, 0.6) is 0 Å². The van der Waals surface area contributed by atoms with Gasteiger partial charge in [-0.25, -0.2) is 14.8 Å². The van der Waals surface area contributed by atoms with Crippen molar-refractivity contribution in [1.29, 1.82) is 0 Å². The number of aryl methyl sites for hydroxylation is 1. The standard InChI is InChI=1S/C21H20N6/c1-13-11-23-20-19(13)21(25-12-24-20)27-7-5-14(6-8-27)17-9-15-3-4-16(22-2)10-18(15)26-17/h3-4,10-12,14H,5-9H2,1H3,(H,23,24,25). The number of benzene rings is 1. The second-order valence-electron chi connectivity index (χ2n) is 7.36. The molecule has 0 spiro atoms. The van der Waals surface area contributed by atoms with Crippen molar-refractivity contribution < 1.29 is 0 Å². The van der Waals surface area contributed by atoms with E-state index in [9.17, 15) is 0 Å². The van der Waals surface area contributed by atoms with Gasteiger partial charge in [-0.3, -0.25) is 4.99 Å². The Hall–Kier alpha value is -3.20. The zero-order valence-corrected chi connectivity index (χ0v) is 15.2. The highest BCUT2D eigenvalue weighted by atomic mass is 15.2. The maximum atomic E-state index is 7.18. The molecule has 6 nitrogen and oxygen atoms in total. The van der Waals surface area contributed by atoms with Crippen LogP contribution in [0.1, 0.15) is 24.0 Å². The number of nitrogens with zero attached hydrogens (tertiary/aromatic N) is 5. The van der Waals surface area contributed by atoms with Crippen LogP contribution in [0, 0.1) is 19.4 Å². The minimum atomic E-state index is 0.509. The highest BCUT2D eigenvalue weighted by molar-refractivity contribution is 5.96. The Morgan fingerprint density at radius 1 is 1.22 bits per heavy atom. The van der Waals surface area contributed by atoms with Gasteiger partial charge in [-0.2, -0.15) is 0 Å². The first-order valence-electron chi connectivity index (χ1n) is 9.34. The molecule has 1 N–H and O–H groups in total. The summed E-state index contributed by atoms with van der Waals surface area (Å²) in [7, 11) is 0. The van der Waals surface area contributed by atoms with Crippen molar-refractivity contribution in [2.24, 2.45) is 10.9 Å². The van der Waals surface area contributed by atoms with E-state index in [1.807, 2.05) is 18.3 Å². The second-order valence-corrected chi connectivity index (χ2v) is 7.36. The van der Waals surface area contributed by atoms with Crippen molar-refractivity contribution in [3.8, 4) is 0 Å². The van der Waals surface area contributed by atoms with Crippen molar-refractivity contribution in [3.63, 3.8) is 0 Å². The van der Waals surface area contributed by atoms with Crippen LogP contribution in [0.25, 0.3) is 15.9 Å². The van der Waals surface area contributed by atoms with Crippen LogP contribution in [0.15, 0.2) is 35.7 Å². The summed E-state index contributed by atoms with van der Waals surface area (Å²) in [5, 5.41) is 1.13. The number of aromatic amines is 1. The lowest BCUT2D eigenvalue weighted by Crippen LogP contribution is -2.37. The molecular weight excluding hydrogens is 336 g/mol. The monoisotopic (exact) mass is 356 g/mol. The number of aliphatic imine (C=N–C) groups is 1. The van der Waals surface area contributed by atoms with E-state index in [4.69, 9.17) is 11.6 Å². The largest absolute Gasteiger partial charge is 0.356 e. The van der Waals surface area contributed by atoms with Crippen molar-refractivity contribution in [2.45, 2.75) is 26.2 Å². The molecule has 1 saturated heterocycles. The average molecular weight is 356 g/mol. The number of hydrogen-bond donors (Lipinski definition) is 1. The van der Waals surface area contributed by atoms with E-state index in [1.165, 1.54) is 16.8 Å². The molecule has 0 atom stereocenters. The van der Waals surface area contributed by atoms with Crippen molar-refractivity contribution in [3.05, 3.63) is 53.3 Å². The van der Waals surface area contributed by atoms with Gasteiger partial charge in [0.1, 0.15) is 17.8 Å². The fourth-order valence-corrected chi connectivity index (χ4v) is 4.26. The van der Waals surface area contributed by atoms with Crippen LogP contribution >= 0.6 is 0 Å². The number of anilines is 1. The molecule has 0 saturated carbocycles. The Labute approximate surface area is 157 Å². The maximum Gasteiger partial charge on any atom is 0.189 e. The summed E-state index contributed by atoms with van der Waals surface area (Å²) in [5.41, 5.74) is 6.28. The molecule has 0 radical (unpaired) electrons. The van der Waals surface area contributed by atoms with Crippen LogP contribution in [0.3, 0.4) is 0 Å². The molecule has 27 heavy (non-hydrogen) atoms. The number of piperidine rings is 1. The van der Waals surface area contributed by atoms with Crippen LogP contribution < -0.4 is 4.90 Å². The molecule has 5 rings (SSSR count). The van der Waals surface area contributed by atoms with E-state index >= 15 is 0 Å². The molecule has 0 bridgehead atoms. The number of H-pyrrole nitrogens is 1. The minimum absolute atomic E-state index is 0.509. The summed E-state index contributed by atoms with van der Waals surface area (Å²) in [6.45, 7) is 11.2. The third kappa shape index (κ3) is 2.67. The third-order valence-corrected chi connectivity index (χ3v) is 5.75. The van der Waals surface area contributed by atoms with E-state index in [2.05, 4.69) is 37.7 Å². The summed E-state index contributed by atoms with van der Waals surface area (Å²) in [6, 6.07) is 5.86. The Morgan fingerprint density at radius 2 is 2.07 bits per heavy atom. The molecule has 2 aliphatic rings. The van der Waals surface area contributed by atoms with Gasteiger partial charge in [-0.05, 0) is 37.0 Å².